The number of hydrogen-bond acceptors (Lipinski definition) is 6. The number of imidazole rings is 1. The maximum Gasteiger partial charge on any atom is 0.252 e. The van der Waals surface area contributed by atoms with Crippen molar-refractivity contribution in [3.8, 4) is 17.1 Å². The molecule has 0 radical (unpaired) electrons. The van der Waals surface area contributed by atoms with Crippen LogP contribution in [0, 0.1) is 0 Å². The van der Waals surface area contributed by atoms with Gasteiger partial charge in [0.2, 0.25) is 5.82 Å². The van der Waals surface area contributed by atoms with Gasteiger partial charge in [-0.05, 0) is 23.4 Å². The molecule has 0 aliphatic heterocycles. The van der Waals surface area contributed by atoms with Crippen LogP contribution in [-0.4, -0.2) is 43.6 Å². The van der Waals surface area contributed by atoms with Gasteiger partial charge in [-0.25, -0.2) is 4.98 Å². The Morgan fingerprint density at radius 2 is 2.12 bits per heavy atom. The lowest BCUT2D eigenvalue weighted by Gasteiger charge is -2.06. The van der Waals surface area contributed by atoms with Crippen LogP contribution in [0.15, 0.2) is 42.5 Å². The summed E-state index contributed by atoms with van der Waals surface area (Å²) in [6.45, 7) is 0.260. The van der Waals surface area contributed by atoms with E-state index in [0.717, 1.165) is 16.8 Å². The van der Waals surface area contributed by atoms with Crippen LogP contribution in [0.5, 0.6) is 5.75 Å². The molecule has 0 aliphatic rings. The van der Waals surface area contributed by atoms with Gasteiger partial charge in [0.1, 0.15) is 11.6 Å². The zero-order valence-electron chi connectivity index (χ0n) is 13.9. The Bertz CT molecular complexity index is 1060. The Kier molecular flexibility index (Phi) is 4.02. The highest BCUT2D eigenvalue weighted by molar-refractivity contribution is 6.00. The van der Waals surface area contributed by atoms with Gasteiger partial charge in [-0.3, -0.25) is 4.79 Å². The number of ether oxygens (including phenoxy) is 1. The van der Waals surface area contributed by atoms with Crippen molar-refractivity contribution in [3.05, 3.63) is 53.9 Å². The average molecular weight is 349 g/mol. The molecule has 0 saturated carbocycles. The van der Waals surface area contributed by atoms with Crippen molar-refractivity contribution in [1.82, 2.24) is 35.9 Å². The molecule has 4 aromatic rings. The minimum atomic E-state index is -0.247. The molecule has 1 amide bonds. The molecule has 0 bridgehead atoms. The second-order valence-corrected chi connectivity index (χ2v) is 5.53. The van der Waals surface area contributed by atoms with Gasteiger partial charge in [0.25, 0.3) is 5.91 Å². The highest BCUT2D eigenvalue weighted by Gasteiger charge is 2.15. The predicted molar refractivity (Wildman–Crippen MR) is 93.4 cm³/mol. The number of H-pyrrole nitrogens is 2. The molecule has 0 atom stereocenters. The van der Waals surface area contributed by atoms with Crippen molar-refractivity contribution in [1.29, 1.82) is 0 Å². The number of aromatic amines is 2. The molecular formula is C17H15N7O2. The molecule has 2 aromatic heterocycles. The normalized spacial score (nSPS) is 10.8. The third-order valence-corrected chi connectivity index (χ3v) is 3.91. The number of hydrogen-bond donors (Lipinski definition) is 3. The molecule has 2 aromatic carbocycles. The van der Waals surface area contributed by atoms with Gasteiger partial charge >= 0.3 is 0 Å². The van der Waals surface area contributed by atoms with E-state index in [-0.39, 0.29) is 12.5 Å². The number of amides is 1. The van der Waals surface area contributed by atoms with E-state index in [1.54, 1.807) is 25.3 Å². The first-order valence-electron chi connectivity index (χ1n) is 7.88. The molecule has 9 heteroatoms. The van der Waals surface area contributed by atoms with E-state index >= 15 is 0 Å². The predicted octanol–water partition coefficient (Wildman–Crippen LogP) is 1.68. The lowest BCUT2D eigenvalue weighted by atomic mass is 10.1. The molecule has 9 nitrogen and oxygen atoms in total. The van der Waals surface area contributed by atoms with Gasteiger partial charge < -0.3 is 15.0 Å². The molecule has 3 N–H and O–H groups in total. The molecule has 130 valence electrons. The van der Waals surface area contributed by atoms with Crippen LogP contribution in [0.2, 0.25) is 0 Å². The highest BCUT2D eigenvalue weighted by atomic mass is 16.5. The second-order valence-electron chi connectivity index (χ2n) is 5.53. The summed E-state index contributed by atoms with van der Waals surface area (Å²) in [6.07, 6.45) is 0. The van der Waals surface area contributed by atoms with Crippen molar-refractivity contribution in [2.45, 2.75) is 6.54 Å². The van der Waals surface area contributed by atoms with E-state index in [1.807, 2.05) is 24.3 Å². The number of benzene rings is 2. The molecular weight excluding hydrogens is 334 g/mol. The van der Waals surface area contributed by atoms with Crippen molar-refractivity contribution >= 4 is 16.9 Å². The molecule has 26 heavy (non-hydrogen) atoms. The monoisotopic (exact) mass is 349 g/mol. The Balaban J connectivity index is 1.53. The zero-order valence-corrected chi connectivity index (χ0v) is 13.9. The SMILES string of the molecule is COc1ccc2nc(CNC(=O)c3ccccc3-c3nn[nH]n3)[nH]c2c1. The highest BCUT2D eigenvalue weighted by Crippen LogP contribution is 2.20. The Morgan fingerprint density at radius 3 is 2.92 bits per heavy atom. The number of aromatic nitrogens is 6. The topological polar surface area (TPSA) is 121 Å². The summed E-state index contributed by atoms with van der Waals surface area (Å²) in [6, 6.07) is 12.6. The van der Waals surface area contributed by atoms with Gasteiger partial charge in [0.15, 0.2) is 0 Å². The first kappa shape index (κ1) is 15.8. The molecule has 0 unspecified atom stereocenters. The fourth-order valence-corrected chi connectivity index (χ4v) is 2.66. The van der Waals surface area contributed by atoms with Crippen molar-refractivity contribution in [3.63, 3.8) is 0 Å². The summed E-state index contributed by atoms with van der Waals surface area (Å²) in [5.41, 5.74) is 2.72. The van der Waals surface area contributed by atoms with E-state index in [2.05, 4.69) is 35.9 Å². The minimum Gasteiger partial charge on any atom is -0.497 e. The lowest BCUT2D eigenvalue weighted by molar-refractivity contribution is 0.0950. The maximum atomic E-state index is 12.6. The van der Waals surface area contributed by atoms with Crippen LogP contribution >= 0.6 is 0 Å². The molecule has 0 fully saturated rings. The smallest absolute Gasteiger partial charge is 0.252 e. The van der Waals surface area contributed by atoms with E-state index < -0.39 is 0 Å². The van der Waals surface area contributed by atoms with Crippen LogP contribution in [-0.2, 0) is 6.54 Å². The number of nitrogens with one attached hydrogen (secondary N) is 3. The molecule has 0 aliphatic carbocycles. The lowest BCUT2D eigenvalue weighted by Crippen LogP contribution is -2.24. The van der Waals surface area contributed by atoms with Crippen molar-refractivity contribution in [2.24, 2.45) is 0 Å². The van der Waals surface area contributed by atoms with Crippen LogP contribution in [0.4, 0.5) is 0 Å². The number of rotatable bonds is 5. The summed E-state index contributed by atoms with van der Waals surface area (Å²) < 4.78 is 5.20. The number of carbonyl (C=O) groups is 1. The third kappa shape index (κ3) is 2.97. The summed E-state index contributed by atoms with van der Waals surface area (Å²) >= 11 is 0. The Hall–Kier alpha value is -3.75. The second kappa shape index (κ2) is 6.63. The summed E-state index contributed by atoms with van der Waals surface area (Å²) in [4.78, 5) is 20.2. The van der Waals surface area contributed by atoms with Crippen molar-refractivity contribution < 1.29 is 9.53 Å². The number of methoxy groups -OCH3 is 1. The minimum absolute atomic E-state index is 0.247. The number of carbonyl (C=O) groups excluding carboxylic acids is 1. The first-order valence-corrected chi connectivity index (χ1v) is 7.88. The zero-order chi connectivity index (χ0) is 17.9. The van der Waals surface area contributed by atoms with E-state index in [4.69, 9.17) is 4.74 Å². The van der Waals surface area contributed by atoms with Crippen LogP contribution in [0.25, 0.3) is 22.4 Å². The molecule has 0 spiro atoms. The summed E-state index contributed by atoms with van der Waals surface area (Å²) in [5.74, 6) is 1.51. The van der Waals surface area contributed by atoms with E-state index in [0.29, 0.717) is 22.8 Å². The van der Waals surface area contributed by atoms with Gasteiger partial charge in [-0.1, -0.05) is 18.2 Å². The number of tetrazole rings is 1. The van der Waals surface area contributed by atoms with Gasteiger partial charge in [0.05, 0.1) is 30.3 Å². The molecule has 0 saturated heterocycles. The van der Waals surface area contributed by atoms with Gasteiger partial charge in [-0.2, -0.15) is 5.21 Å². The largest absolute Gasteiger partial charge is 0.497 e. The number of fused-ring (bicyclic) bond motifs is 1. The third-order valence-electron chi connectivity index (χ3n) is 3.91. The van der Waals surface area contributed by atoms with Crippen LogP contribution < -0.4 is 10.1 Å². The van der Waals surface area contributed by atoms with Crippen LogP contribution in [0.3, 0.4) is 0 Å². The Labute approximate surface area is 147 Å². The summed E-state index contributed by atoms with van der Waals surface area (Å²) in [7, 11) is 1.61. The average Bonchev–Trinajstić information content (AvgIpc) is 3.34. The van der Waals surface area contributed by atoms with Crippen LogP contribution in [0.1, 0.15) is 16.2 Å². The first-order chi connectivity index (χ1) is 12.7. The number of nitrogens with zero attached hydrogens (tertiary/aromatic N) is 4. The molecule has 4 rings (SSSR count). The maximum absolute atomic E-state index is 12.6. The Morgan fingerprint density at radius 1 is 1.23 bits per heavy atom. The fourth-order valence-electron chi connectivity index (χ4n) is 2.66. The van der Waals surface area contributed by atoms with E-state index in [9.17, 15) is 4.79 Å². The van der Waals surface area contributed by atoms with Gasteiger partial charge in [0, 0.05) is 11.6 Å². The van der Waals surface area contributed by atoms with Gasteiger partial charge in [-0.15, -0.1) is 10.2 Å². The summed E-state index contributed by atoms with van der Waals surface area (Å²) in [5, 5.41) is 16.7. The fraction of sp³-hybridized carbons (Fsp3) is 0.118. The van der Waals surface area contributed by atoms with Crippen molar-refractivity contribution in [2.75, 3.05) is 7.11 Å². The standard InChI is InChI=1S/C17H15N7O2/c1-26-10-6-7-13-14(8-10)20-15(19-13)9-18-17(25)12-5-3-2-4-11(12)16-21-23-24-22-16/h2-8H,9H2,1H3,(H,18,25)(H,19,20)(H,21,22,23,24). The quantitative estimate of drug-likeness (QED) is 0.504. The van der Waals surface area contributed by atoms with E-state index in [1.165, 1.54) is 0 Å². The molecule has 2 heterocycles.